The molecule has 0 saturated carbocycles. The topological polar surface area (TPSA) is 59.2 Å². The van der Waals surface area contributed by atoms with Crippen LogP contribution in [0.1, 0.15) is 33.3 Å². The summed E-state index contributed by atoms with van der Waals surface area (Å²) in [6.45, 7) is 3.36. The van der Waals surface area contributed by atoms with Crippen molar-refractivity contribution in [1.82, 2.24) is 4.98 Å². The molecule has 0 radical (unpaired) electrons. The van der Waals surface area contributed by atoms with Gasteiger partial charge in [0.2, 0.25) is 5.78 Å². The molecular formula is C19H17NO3. The first-order valence-electron chi connectivity index (χ1n) is 7.40. The van der Waals surface area contributed by atoms with Gasteiger partial charge in [0.1, 0.15) is 5.75 Å². The Balaban J connectivity index is 1.76. The number of para-hydroxylation sites is 1. The number of Topliss-reactive ketones (excluding diaryl/α,β-unsaturated/α-hetero) is 2. The van der Waals surface area contributed by atoms with Gasteiger partial charge in [0.05, 0.1) is 0 Å². The Morgan fingerprint density at radius 1 is 1.04 bits per heavy atom. The van der Waals surface area contributed by atoms with Gasteiger partial charge < -0.3 is 9.72 Å². The number of aromatic amines is 1. The van der Waals surface area contributed by atoms with Crippen molar-refractivity contribution in [2.24, 2.45) is 0 Å². The van der Waals surface area contributed by atoms with Gasteiger partial charge >= 0.3 is 0 Å². The van der Waals surface area contributed by atoms with Crippen LogP contribution in [-0.4, -0.2) is 23.2 Å². The molecule has 3 aromatic rings. The Morgan fingerprint density at radius 2 is 1.74 bits per heavy atom. The molecular weight excluding hydrogens is 290 g/mol. The second-order valence-corrected chi connectivity index (χ2v) is 5.46. The molecule has 0 spiro atoms. The average Bonchev–Trinajstić information content (AvgIpc) is 2.88. The van der Waals surface area contributed by atoms with Crippen molar-refractivity contribution in [3.8, 4) is 5.75 Å². The lowest BCUT2D eigenvalue weighted by molar-refractivity contribution is 0.0921. The first-order valence-corrected chi connectivity index (χ1v) is 7.40. The maximum atomic E-state index is 12.5. The summed E-state index contributed by atoms with van der Waals surface area (Å²) in [5.74, 6) is 0.499. The van der Waals surface area contributed by atoms with Gasteiger partial charge in [0, 0.05) is 27.7 Å². The van der Waals surface area contributed by atoms with Crippen molar-refractivity contribution in [2.75, 3.05) is 6.61 Å². The maximum absolute atomic E-state index is 12.5. The van der Waals surface area contributed by atoms with E-state index in [1.165, 1.54) is 6.92 Å². The van der Waals surface area contributed by atoms with Gasteiger partial charge in [-0.3, -0.25) is 9.59 Å². The molecule has 0 fully saturated rings. The Hall–Kier alpha value is -2.88. The molecule has 0 aliphatic heterocycles. The standard InChI is InChI=1S/C19H17NO3/c1-12-19(16-5-3-4-6-17(16)20-12)18(22)11-23-15-9-7-14(8-10-15)13(2)21/h3-10,20H,11H2,1-2H3. The molecule has 116 valence electrons. The third-order valence-corrected chi connectivity index (χ3v) is 3.80. The monoisotopic (exact) mass is 307 g/mol. The van der Waals surface area contributed by atoms with E-state index in [9.17, 15) is 9.59 Å². The second-order valence-electron chi connectivity index (χ2n) is 5.46. The summed E-state index contributed by atoms with van der Waals surface area (Å²) in [6, 6.07) is 14.5. The van der Waals surface area contributed by atoms with E-state index >= 15 is 0 Å². The molecule has 4 heteroatoms. The van der Waals surface area contributed by atoms with Gasteiger partial charge in [-0.2, -0.15) is 0 Å². The summed E-state index contributed by atoms with van der Waals surface area (Å²) in [6.07, 6.45) is 0. The van der Waals surface area contributed by atoms with Gasteiger partial charge in [-0.05, 0) is 44.2 Å². The first-order chi connectivity index (χ1) is 11.1. The highest BCUT2D eigenvalue weighted by Crippen LogP contribution is 2.22. The van der Waals surface area contributed by atoms with Crippen LogP contribution >= 0.6 is 0 Å². The number of ketones is 2. The smallest absolute Gasteiger partial charge is 0.202 e. The molecule has 1 N–H and O–H groups in total. The highest BCUT2D eigenvalue weighted by Gasteiger charge is 2.16. The third-order valence-electron chi connectivity index (χ3n) is 3.80. The highest BCUT2D eigenvalue weighted by atomic mass is 16.5. The summed E-state index contributed by atoms with van der Waals surface area (Å²) in [7, 11) is 0. The van der Waals surface area contributed by atoms with Crippen molar-refractivity contribution in [3.05, 3.63) is 65.4 Å². The number of carbonyl (C=O) groups excluding carboxylic acids is 2. The van der Waals surface area contributed by atoms with Crippen LogP contribution < -0.4 is 4.74 Å². The Labute approximate surface area is 134 Å². The molecule has 4 nitrogen and oxygen atoms in total. The Morgan fingerprint density at radius 3 is 2.43 bits per heavy atom. The van der Waals surface area contributed by atoms with E-state index in [-0.39, 0.29) is 18.2 Å². The summed E-state index contributed by atoms with van der Waals surface area (Å²) in [5, 5.41) is 0.908. The molecule has 0 atom stereocenters. The quantitative estimate of drug-likeness (QED) is 0.726. The predicted molar refractivity (Wildman–Crippen MR) is 89.3 cm³/mol. The first kappa shape index (κ1) is 15.0. The van der Waals surface area contributed by atoms with Crippen molar-refractivity contribution in [2.45, 2.75) is 13.8 Å². The summed E-state index contributed by atoms with van der Waals surface area (Å²) in [5.41, 5.74) is 3.07. The molecule has 1 heterocycles. The molecule has 0 bridgehead atoms. The Kier molecular flexibility index (Phi) is 3.98. The minimum Gasteiger partial charge on any atom is -0.485 e. The fraction of sp³-hybridized carbons (Fsp3) is 0.158. The SMILES string of the molecule is CC(=O)c1ccc(OCC(=O)c2c(C)[nH]c3ccccc23)cc1. The number of rotatable bonds is 5. The van der Waals surface area contributed by atoms with Crippen LogP contribution in [0.25, 0.3) is 10.9 Å². The van der Waals surface area contributed by atoms with Crippen molar-refractivity contribution >= 4 is 22.5 Å². The van der Waals surface area contributed by atoms with E-state index in [2.05, 4.69) is 4.98 Å². The fourth-order valence-electron chi connectivity index (χ4n) is 2.64. The number of H-pyrrole nitrogens is 1. The van der Waals surface area contributed by atoms with Crippen LogP contribution in [0.15, 0.2) is 48.5 Å². The second kappa shape index (κ2) is 6.08. The van der Waals surface area contributed by atoms with Gasteiger partial charge in [-0.15, -0.1) is 0 Å². The van der Waals surface area contributed by atoms with E-state index in [1.807, 2.05) is 31.2 Å². The molecule has 23 heavy (non-hydrogen) atoms. The van der Waals surface area contributed by atoms with Crippen molar-refractivity contribution in [1.29, 1.82) is 0 Å². The van der Waals surface area contributed by atoms with Crippen LogP contribution in [0, 0.1) is 6.92 Å². The number of carbonyl (C=O) groups is 2. The number of aryl methyl sites for hydroxylation is 1. The van der Waals surface area contributed by atoms with Crippen LogP contribution in [0.2, 0.25) is 0 Å². The zero-order chi connectivity index (χ0) is 16.4. The molecule has 2 aromatic carbocycles. The molecule has 0 amide bonds. The zero-order valence-corrected chi connectivity index (χ0v) is 13.1. The number of aromatic nitrogens is 1. The molecule has 0 saturated heterocycles. The molecule has 1 aromatic heterocycles. The van der Waals surface area contributed by atoms with Crippen LogP contribution in [0.4, 0.5) is 0 Å². The third kappa shape index (κ3) is 3.01. The van der Waals surface area contributed by atoms with Gasteiger partial charge in [-0.25, -0.2) is 0 Å². The van der Waals surface area contributed by atoms with E-state index in [0.717, 1.165) is 16.6 Å². The van der Waals surface area contributed by atoms with E-state index in [0.29, 0.717) is 16.9 Å². The summed E-state index contributed by atoms with van der Waals surface area (Å²) >= 11 is 0. The molecule has 0 unspecified atom stereocenters. The average molecular weight is 307 g/mol. The van der Waals surface area contributed by atoms with Crippen LogP contribution in [0.5, 0.6) is 5.75 Å². The number of ether oxygens (including phenoxy) is 1. The molecule has 0 aliphatic rings. The Bertz CT molecular complexity index is 875. The van der Waals surface area contributed by atoms with E-state index in [1.54, 1.807) is 24.3 Å². The predicted octanol–water partition coefficient (Wildman–Crippen LogP) is 3.94. The van der Waals surface area contributed by atoms with Crippen molar-refractivity contribution in [3.63, 3.8) is 0 Å². The lowest BCUT2D eigenvalue weighted by Gasteiger charge is -2.06. The van der Waals surface area contributed by atoms with Gasteiger partial charge in [-0.1, -0.05) is 18.2 Å². The lowest BCUT2D eigenvalue weighted by atomic mass is 10.1. The minimum absolute atomic E-state index is 0.00189. The lowest BCUT2D eigenvalue weighted by Crippen LogP contribution is -2.12. The van der Waals surface area contributed by atoms with Gasteiger partial charge in [0.15, 0.2) is 12.4 Å². The molecule has 0 aliphatic carbocycles. The van der Waals surface area contributed by atoms with E-state index in [4.69, 9.17) is 4.74 Å². The number of benzene rings is 2. The van der Waals surface area contributed by atoms with E-state index < -0.39 is 0 Å². The highest BCUT2D eigenvalue weighted by molar-refractivity contribution is 6.09. The minimum atomic E-state index is -0.0735. The maximum Gasteiger partial charge on any atom is 0.202 e. The normalized spacial score (nSPS) is 10.7. The number of nitrogens with one attached hydrogen (secondary N) is 1. The number of hydrogen-bond acceptors (Lipinski definition) is 3. The summed E-state index contributed by atoms with van der Waals surface area (Å²) in [4.78, 5) is 26.9. The summed E-state index contributed by atoms with van der Waals surface area (Å²) < 4.78 is 5.56. The molecule has 3 rings (SSSR count). The largest absolute Gasteiger partial charge is 0.485 e. The fourth-order valence-corrected chi connectivity index (χ4v) is 2.64. The van der Waals surface area contributed by atoms with Crippen LogP contribution in [-0.2, 0) is 0 Å². The zero-order valence-electron chi connectivity index (χ0n) is 13.1. The van der Waals surface area contributed by atoms with Crippen molar-refractivity contribution < 1.29 is 14.3 Å². The number of hydrogen-bond donors (Lipinski definition) is 1. The van der Waals surface area contributed by atoms with Crippen LogP contribution in [0.3, 0.4) is 0 Å². The van der Waals surface area contributed by atoms with Gasteiger partial charge in [0.25, 0.3) is 0 Å². The number of fused-ring (bicyclic) bond motifs is 1.